The van der Waals surface area contributed by atoms with Crippen molar-refractivity contribution in [3.63, 3.8) is 0 Å². The van der Waals surface area contributed by atoms with Crippen LogP contribution in [-0.4, -0.2) is 19.7 Å². The van der Waals surface area contributed by atoms with E-state index >= 15 is 0 Å². The Bertz CT molecular complexity index is 1340. The lowest BCUT2D eigenvalue weighted by atomic mass is 10.2. The van der Waals surface area contributed by atoms with Gasteiger partial charge in [0, 0.05) is 0 Å². The van der Waals surface area contributed by atoms with Gasteiger partial charge < -0.3 is 13.7 Å². The first-order valence-electron chi connectivity index (χ1n) is 9.88. The summed E-state index contributed by atoms with van der Waals surface area (Å²) in [4.78, 5) is 4.75. The fourth-order valence-corrected chi connectivity index (χ4v) is 3.61. The predicted octanol–water partition coefficient (Wildman–Crippen LogP) is 5.68. The largest absolute Gasteiger partial charge is 0.486 e. The Labute approximate surface area is 184 Å². The van der Waals surface area contributed by atoms with Crippen molar-refractivity contribution < 1.29 is 9.15 Å². The molecule has 0 aliphatic rings. The molecule has 2 heterocycles. The summed E-state index contributed by atoms with van der Waals surface area (Å²) in [6.07, 6.45) is 0. The number of hydrogen-bond acceptors (Lipinski definition) is 5. The van der Waals surface area contributed by atoms with Gasteiger partial charge in [-0.15, -0.1) is 10.2 Å². The number of para-hydroxylation sites is 2. The molecule has 0 atom stereocenters. The summed E-state index contributed by atoms with van der Waals surface area (Å²) in [6, 6.07) is 23.3. The first-order chi connectivity index (χ1) is 15.2. The van der Waals surface area contributed by atoms with Crippen LogP contribution >= 0.6 is 11.6 Å². The van der Waals surface area contributed by atoms with Crippen molar-refractivity contribution in [1.82, 2.24) is 19.7 Å². The third kappa shape index (κ3) is 4.02. The zero-order valence-electron chi connectivity index (χ0n) is 16.8. The quantitative estimate of drug-likeness (QED) is 0.347. The zero-order chi connectivity index (χ0) is 21.2. The lowest BCUT2D eigenvalue weighted by Gasteiger charge is -2.09. The minimum Gasteiger partial charge on any atom is -0.486 e. The van der Waals surface area contributed by atoms with Gasteiger partial charge in [0.15, 0.2) is 0 Å². The summed E-state index contributed by atoms with van der Waals surface area (Å²) in [7, 11) is 0. The Morgan fingerprint density at radius 3 is 2.55 bits per heavy atom. The summed E-state index contributed by atoms with van der Waals surface area (Å²) < 4.78 is 13.9. The number of ether oxygens (including phenoxy) is 1. The Balaban J connectivity index is 1.44. The molecule has 0 aliphatic carbocycles. The first-order valence-corrected chi connectivity index (χ1v) is 10.3. The second kappa shape index (κ2) is 8.24. The van der Waals surface area contributed by atoms with Gasteiger partial charge in [0.2, 0.25) is 11.8 Å². The Hall–Kier alpha value is -3.64. The molecule has 0 spiro atoms. The highest BCUT2D eigenvalue weighted by molar-refractivity contribution is 6.33. The van der Waals surface area contributed by atoms with Crippen molar-refractivity contribution in [3.8, 4) is 17.2 Å². The van der Waals surface area contributed by atoms with Crippen LogP contribution in [0.5, 0.6) is 5.75 Å². The molecular formula is C24H19ClN4O2. The van der Waals surface area contributed by atoms with Gasteiger partial charge in [-0.25, -0.2) is 4.98 Å². The van der Waals surface area contributed by atoms with E-state index in [0.29, 0.717) is 35.5 Å². The molecule has 0 saturated heterocycles. The summed E-state index contributed by atoms with van der Waals surface area (Å²) in [6.45, 7) is 2.75. The molecule has 31 heavy (non-hydrogen) atoms. The second-order valence-corrected chi connectivity index (χ2v) is 7.59. The molecule has 5 rings (SSSR count). The summed E-state index contributed by atoms with van der Waals surface area (Å²) >= 11 is 6.26. The topological polar surface area (TPSA) is 66.0 Å². The van der Waals surface area contributed by atoms with Gasteiger partial charge in [-0.1, -0.05) is 53.6 Å². The lowest BCUT2D eigenvalue weighted by Crippen LogP contribution is -2.08. The van der Waals surface area contributed by atoms with Crippen LogP contribution in [0, 0.1) is 6.92 Å². The number of rotatable bonds is 6. The maximum absolute atomic E-state index is 6.26. The van der Waals surface area contributed by atoms with E-state index in [1.54, 1.807) is 6.07 Å². The molecule has 0 aliphatic heterocycles. The number of aryl methyl sites for hydroxylation is 1. The molecule has 0 N–H and O–H groups in total. The normalized spacial score (nSPS) is 11.2. The van der Waals surface area contributed by atoms with Gasteiger partial charge in [-0.3, -0.25) is 0 Å². The van der Waals surface area contributed by atoms with Crippen LogP contribution in [0.2, 0.25) is 5.02 Å². The van der Waals surface area contributed by atoms with E-state index in [1.165, 1.54) is 5.56 Å². The maximum Gasteiger partial charge on any atom is 0.249 e. The first kappa shape index (κ1) is 19.3. The number of imidazole rings is 1. The highest BCUT2D eigenvalue weighted by Crippen LogP contribution is 2.27. The Morgan fingerprint density at radius 1 is 0.935 bits per heavy atom. The molecule has 7 heteroatoms. The van der Waals surface area contributed by atoms with Crippen molar-refractivity contribution in [3.05, 3.63) is 95.1 Å². The average molecular weight is 431 g/mol. The summed E-state index contributed by atoms with van der Waals surface area (Å²) in [5.41, 5.74) is 3.75. The predicted molar refractivity (Wildman–Crippen MR) is 119 cm³/mol. The Kier molecular flexibility index (Phi) is 5.14. The molecule has 154 valence electrons. The Morgan fingerprint density at radius 2 is 1.71 bits per heavy atom. The van der Waals surface area contributed by atoms with E-state index < -0.39 is 0 Å². The van der Waals surface area contributed by atoms with Crippen LogP contribution in [0.1, 0.15) is 17.3 Å². The summed E-state index contributed by atoms with van der Waals surface area (Å²) in [5.74, 6) is 2.43. The summed E-state index contributed by atoms with van der Waals surface area (Å²) in [5, 5.41) is 8.96. The lowest BCUT2D eigenvalue weighted by molar-refractivity contribution is 0.290. The van der Waals surface area contributed by atoms with Gasteiger partial charge in [0.05, 0.1) is 21.6 Å². The second-order valence-electron chi connectivity index (χ2n) is 7.19. The third-order valence-electron chi connectivity index (χ3n) is 4.99. The van der Waals surface area contributed by atoms with E-state index in [2.05, 4.69) is 10.2 Å². The van der Waals surface area contributed by atoms with Crippen LogP contribution in [0.4, 0.5) is 0 Å². The number of halogens is 1. The molecule has 5 aromatic rings. The molecule has 6 nitrogen and oxygen atoms in total. The highest BCUT2D eigenvalue weighted by atomic mass is 35.5. The van der Waals surface area contributed by atoms with Crippen LogP contribution in [0.3, 0.4) is 0 Å². The minimum absolute atomic E-state index is 0.323. The highest BCUT2D eigenvalue weighted by Gasteiger charge is 2.16. The van der Waals surface area contributed by atoms with E-state index in [-0.39, 0.29) is 0 Å². The van der Waals surface area contributed by atoms with Crippen molar-refractivity contribution in [1.29, 1.82) is 0 Å². The smallest absolute Gasteiger partial charge is 0.249 e. The molecular weight excluding hydrogens is 412 g/mol. The fourth-order valence-electron chi connectivity index (χ4n) is 3.39. The van der Waals surface area contributed by atoms with Gasteiger partial charge in [0.1, 0.15) is 24.7 Å². The van der Waals surface area contributed by atoms with E-state index in [4.69, 9.17) is 25.7 Å². The van der Waals surface area contributed by atoms with Crippen molar-refractivity contribution in [2.24, 2.45) is 0 Å². The van der Waals surface area contributed by atoms with Crippen LogP contribution < -0.4 is 4.74 Å². The number of aromatic nitrogens is 4. The molecule has 0 bridgehead atoms. The molecule has 0 saturated carbocycles. The fraction of sp³-hybridized carbons (Fsp3) is 0.125. The average Bonchev–Trinajstić information content (AvgIpc) is 3.39. The van der Waals surface area contributed by atoms with E-state index in [0.717, 1.165) is 22.6 Å². The minimum atomic E-state index is 0.323. The molecule has 0 radical (unpaired) electrons. The van der Waals surface area contributed by atoms with Crippen molar-refractivity contribution in [2.75, 3.05) is 0 Å². The van der Waals surface area contributed by atoms with Crippen molar-refractivity contribution in [2.45, 2.75) is 20.1 Å². The van der Waals surface area contributed by atoms with E-state index in [9.17, 15) is 0 Å². The van der Waals surface area contributed by atoms with Gasteiger partial charge in [-0.05, 0) is 43.3 Å². The molecule has 3 aromatic carbocycles. The molecule has 2 aromatic heterocycles. The SMILES string of the molecule is Cc1ccc(OCc2nc3ccccc3n2Cc2nnc(-c3ccccc3Cl)o2)cc1. The monoisotopic (exact) mass is 430 g/mol. The number of benzene rings is 3. The maximum atomic E-state index is 6.26. The van der Waals surface area contributed by atoms with Gasteiger partial charge >= 0.3 is 0 Å². The van der Waals surface area contributed by atoms with Gasteiger partial charge in [-0.2, -0.15) is 0 Å². The van der Waals surface area contributed by atoms with Crippen LogP contribution in [0.15, 0.2) is 77.2 Å². The van der Waals surface area contributed by atoms with Gasteiger partial charge in [0.25, 0.3) is 0 Å². The molecule has 0 unspecified atom stereocenters. The van der Waals surface area contributed by atoms with Crippen LogP contribution in [0.25, 0.3) is 22.5 Å². The number of hydrogen-bond donors (Lipinski definition) is 0. The van der Waals surface area contributed by atoms with E-state index in [1.807, 2.05) is 78.2 Å². The molecule has 0 fully saturated rings. The standard InChI is InChI=1S/C24H19ClN4O2/c1-16-10-12-17(13-11-16)30-15-22-26-20-8-4-5-9-21(20)29(22)14-23-27-28-24(31-23)18-6-2-3-7-19(18)25/h2-13H,14-15H2,1H3. The third-order valence-corrected chi connectivity index (χ3v) is 5.32. The number of nitrogens with zero attached hydrogens (tertiary/aromatic N) is 4. The zero-order valence-corrected chi connectivity index (χ0v) is 17.6. The van der Waals surface area contributed by atoms with Crippen LogP contribution in [-0.2, 0) is 13.2 Å². The van der Waals surface area contributed by atoms with Crippen molar-refractivity contribution >= 4 is 22.6 Å². The number of fused-ring (bicyclic) bond motifs is 1. The molecule has 0 amide bonds.